The summed E-state index contributed by atoms with van der Waals surface area (Å²) < 4.78 is 39.7. The van der Waals surface area contributed by atoms with Crippen LogP contribution in [0, 0.1) is 0 Å². The third-order valence-electron chi connectivity index (χ3n) is 6.66. The maximum atomic E-state index is 13.2. The van der Waals surface area contributed by atoms with Gasteiger partial charge in [0, 0.05) is 12.4 Å². The highest BCUT2D eigenvalue weighted by molar-refractivity contribution is 6.10. The van der Waals surface area contributed by atoms with Gasteiger partial charge in [0.2, 0.25) is 0 Å². The van der Waals surface area contributed by atoms with Crippen LogP contribution in [-0.2, 0) is 12.6 Å². The fourth-order valence-corrected chi connectivity index (χ4v) is 5.01. The second kappa shape index (κ2) is 8.51. The van der Waals surface area contributed by atoms with Crippen LogP contribution in [-0.4, -0.2) is 4.98 Å². The van der Waals surface area contributed by atoms with Crippen molar-refractivity contribution in [3.63, 3.8) is 0 Å². The maximum Gasteiger partial charge on any atom is 0.417 e. The van der Waals surface area contributed by atoms with Crippen molar-refractivity contribution in [2.45, 2.75) is 38.3 Å². The van der Waals surface area contributed by atoms with Crippen molar-refractivity contribution < 1.29 is 13.2 Å². The number of benzene rings is 4. The minimum Gasteiger partial charge on any atom is -0.264 e. The number of pyridine rings is 1. The van der Waals surface area contributed by atoms with Gasteiger partial charge in [-0.25, -0.2) is 0 Å². The summed E-state index contributed by atoms with van der Waals surface area (Å²) in [5.74, 6) is 0.528. The average Bonchev–Trinajstić information content (AvgIpc) is 2.83. The van der Waals surface area contributed by atoms with Gasteiger partial charge in [0.25, 0.3) is 0 Å². The van der Waals surface area contributed by atoms with E-state index in [1.807, 2.05) is 42.7 Å². The molecule has 0 bridgehead atoms. The first-order valence-corrected chi connectivity index (χ1v) is 11.3. The number of aryl methyl sites for hydroxylation is 1. The average molecular weight is 444 g/mol. The van der Waals surface area contributed by atoms with Gasteiger partial charge in [-0.1, -0.05) is 67.6 Å². The lowest BCUT2D eigenvalue weighted by atomic mass is 9.81. The Kier molecular flexibility index (Phi) is 5.53. The fraction of sp³-hybridized carbons (Fsp3) is 0.207. The molecule has 0 saturated heterocycles. The van der Waals surface area contributed by atoms with Gasteiger partial charge in [0.05, 0.1) is 5.56 Å². The van der Waals surface area contributed by atoms with Crippen LogP contribution in [0.5, 0.6) is 0 Å². The molecule has 33 heavy (non-hydrogen) atoms. The quantitative estimate of drug-likeness (QED) is 0.218. The number of fused-ring (bicyclic) bond motifs is 6. The van der Waals surface area contributed by atoms with Crippen molar-refractivity contribution in [3.05, 3.63) is 102 Å². The van der Waals surface area contributed by atoms with E-state index in [9.17, 15) is 13.2 Å². The first kappa shape index (κ1) is 21.4. The Bertz CT molecular complexity index is 1390. The largest absolute Gasteiger partial charge is 0.417 e. The molecule has 1 aliphatic carbocycles. The molecule has 1 aromatic heterocycles. The number of rotatable bonds is 0. The van der Waals surface area contributed by atoms with E-state index in [1.54, 1.807) is 12.1 Å². The number of alkyl halides is 3. The summed E-state index contributed by atoms with van der Waals surface area (Å²) in [5, 5.41) is 5.47. The summed E-state index contributed by atoms with van der Waals surface area (Å²) in [7, 11) is 0. The van der Waals surface area contributed by atoms with E-state index in [-0.39, 0.29) is 5.39 Å². The summed E-state index contributed by atoms with van der Waals surface area (Å²) in [6, 6.07) is 22.3. The molecule has 1 unspecified atom stereocenters. The number of aromatic nitrogens is 1. The van der Waals surface area contributed by atoms with E-state index in [1.165, 1.54) is 34.4 Å². The van der Waals surface area contributed by atoms with E-state index in [0.717, 1.165) is 29.7 Å². The fourth-order valence-electron chi connectivity index (χ4n) is 5.01. The monoisotopic (exact) mass is 443 g/mol. The van der Waals surface area contributed by atoms with Gasteiger partial charge < -0.3 is 0 Å². The molecule has 1 nitrogen and oxygen atoms in total. The lowest BCUT2D eigenvalue weighted by molar-refractivity contribution is -0.136. The minimum absolute atomic E-state index is 0.288. The maximum absolute atomic E-state index is 13.2. The van der Waals surface area contributed by atoms with Gasteiger partial charge in [-0.3, -0.25) is 4.98 Å². The molecular formula is C29H24F3N. The highest BCUT2D eigenvalue weighted by Gasteiger charge is 2.32. The van der Waals surface area contributed by atoms with Crippen molar-refractivity contribution in [1.82, 2.24) is 4.98 Å². The molecule has 1 aliphatic rings. The van der Waals surface area contributed by atoms with Gasteiger partial charge in [-0.15, -0.1) is 0 Å². The Balaban J connectivity index is 0.000000190. The van der Waals surface area contributed by atoms with E-state index < -0.39 is 11.7 Å². The molecule has 0 spiro atoms. The van der Waals surface area contributed by atoms with Gasteiger partial charge in [0.1, 0.15) is 0 Å². The van der Waals surface area contributed by atoms with Crippen LogP contribution >= 0.6 is 0 Å². The highest BCUT2D eigenvalue weighted by atomic mass is 19.4. The zero-order valence-corrected chi connectivity index (χ0v) is 18.4. The molecule has 1 atom stereocenters. The van der Waals surface area contributed by atoms with Crippen molar-refractivity contribution in [3.8, 4) is 0 Å². The Morgan fingerprint density at radius 2 is 1.48 bits per heavy atom. The molecule has 0 amide bonds. The molecule has 5 aromatic rings. The van der Waals surface area contributed by atoms with Gasteiger partial charge >= 0.3 is 6.18 Å². The summed E-state index contributed by atoms with van der Waals surface area (Å²) in [4.78, 5) is 4.01. The Hall–Kier alpha value is -3.40. The topological polar surface area (TPSA) is 12.9 Å². The number of halogens is 3. The van der Waals surface area contributed by atoms with E-state index in [4.69, 9.17) is 0 Å². The second-order valence-electron chi connectivity index (χ2n) is 8.71. The van der Waals surface area contributed by atoms with Gasteiger partial charge in [0.15, 0.2) is 0 Å². The van der Waals surface area contributed by atoms with Gasteiger partial charge in [-0.05, 0) is 80.8 Å². The van der Waals surface area contributed by atoms with Crippen molar-refractivity contribution >= 4 is 32.3 Å². The van der Waals surface area contributed by atoms with Crippen LogP contribution in [0.1, 0.15) is 42.4 Å². The van der Waals surface area contributed by atoms with E-state index in [2.05, 4.69) is 30.1 Å². The first-order chi connectivity index (χ1) is 15.9. The molecule has 4 aromatic carbocycles. The summed E-state index contributed by atoms with van der Waals surface area (Å²) >= 11 is 0. The summed E-state index contributed by atoms with van der Waals surface area (Å²) in [5.41, 5.74) is 2.12. The Morgan fingerprint density at radius 1 is 0.758 bits per heavy atom. The van der Waals surface area contributed by atoms with Crippen molar-refractivity contribution in [2.24, 2.45) is 0 Å². The minimum atomic E-state index is -4.32. The third kappa shape index (κ3) is 4.06. The highest BCUT2D eigenvalue weighted by Crippen LogP contribution is 2.41. The molecule has 0 saturated carbocycles. The van der Waals surface area contributed by atoms with Crippen molar-refractivity contribution in [1.29, 1.82) is 0 Å². The lowest BCUT2D eigenvalue weighted by Gasteiger charge is -2.24. The predicted molar refractivity (Wildman–Crippen MR) is 130 cm³/mol. The Morgan fingerprint density at radius 3 is 2.27 bits per heavy atom. The molecule has 0 aliphatic heterocycles. The molecule has 6 rings (SSSR count). The van der Waals surface area contributed by atoms with Crippen LogP contribution < -0.4 is 0 Å². The smallest absolute Gasteiger partial charge is 0.264 e. The van der Waals surface area contributed by atoms with Crippen LogP contribution in [0.3, 0.4) is 0 Å². The van der Waals surface area contributed by atoms with Crippen LogP contribution in [0.25, 0.3) is 32.3 Å². The van der Waals surface area contributed by atoms with Crippen LogP contribution in [0.2, 0.25) is 0 Å². The molecule has 0 fully saturated rings. The molecule has 166 valence electrons. The van der Waals surface area contributed by atoms with E-state index >= 15 is 0 Å². The van der Waals surface area contributed by atoms with Crippen LogP contribution in [0.15, 0.2) is 85.2 Å². The molecule has 0 radical (unpaired) electrons. The normalized spacial score (nSPS) is 15.8. The molecular weight excluding hydrogens is 419 g/mol. The molecule has 1 heterocycles. The Labute approximate surface area is 190 Å². The molecule has 4 heteroatoms. The van der Waals surface area contributed by atoms with E-state index in [0.29, 0.717) is 11.3 Å². The first-order valence-electron chi connectivity index (χ1n) is 11.3. The third-order valence-corrected chi connectivity index (χ3v) is 6.66. The summed E-state index contributed by atoms with van der Waals surface area (Å²) in [6.45, 7) is 2.23. The zero-order valence-electron chi connectivity index (χ0n) is 18.4. The number of hydrogen-bond donors (Lipinski definition) is 0. The second-order valence-corrected chi connectivity index (χ2v) is 8.71. The van der Waals surface area contributed by atoms with Crippen molar-refractivity contribution in [2.75, 3.05) is 0 Å². The zero-order chi connectivity index (χ0) is 23.0. The predicted octanol–water partition coefficient (Wildman–Crippen LogP) is 8.69. The molecule has 0 N–H and O–H groups in total. The summed E-state index contributed by atoms with van der Waals surface area (Å²) in [6.07, 6.45) is 2.70. The SMILES string of the molecule is CC1CCCc2c1ccc1c2ccc2c(C(F)(F)F)cccc21.c1ccc2cnccc2c1. The lowest BCUT2D eigenvalue weighted by Crippen LogP contribution is -2.08. The standard InChI is InChI=1S/C20H17F3.C9H7N/c1-12-4-2-5-14-13(12)8-9-17-15-6-3-7-19(20(21,22)23)18(15)11-10-16(14)17;1-2-4-9-7-10-6-5-8(9)3-1/h3,6-12H,2,4-5H2,1H3;1-7H. The van der Waals surface area contributed by atoms with Gasteiger partial charge in [-0.2, -0.15) is 13.2 Å². The number of nitrogens with zero attached hydrogens (tertiary/aromatic N) is 1. The number of hydrogen-bond acceptors (Lipinski definition) is 1. The van der Waals surface area contributed by atoms with Crippen LogP contribution in [0.4, 0.5) is 13.2 Å².